The van der Waals surface area contributed by atoms with Crippen LogP contribution in [0.5, 0.6) is 0 Å². The maximum Gasteiger partial charge on any atom is 0.238 e. The van der Waals surface area contributed by atoms with Gasteiger partial charge in [-0.2, -0.15) is 0 Å². The maximum atomic E-state index is 14.7. The fourth-order valence-electron chi connectivity index (χ4n) is 6.92. The summed E-state index contributed by atoms with van der Waals surface area (Å²) in [5, 5.41) is 3.10. The second-order valence-corrected chi connectivity index (χ2v) is 12.0. The summed E-state index contributed by atoms with van der Waals surface area (Å²) in [6.07, 6.45) is 5.86. The van der Waals surface area contributed by atoms with Gasteiger partial charge in [-0.1, -0.05) is 101 Å². The Bertz CT molecular complexity index is 1510. The molecule has 0 bridgehead atoms. The summed E-state index contributed by atoms with van der Waals surface area (Å²) in [5.41, 5.74) is 3.12. The molecule has 39 heavy (non-hydrogen) atoms. The van der Waals surface area contributed by atoms with Gasteiger partial charge in [0, 0.05) is 22.9 Å². The van der Waals surface area contributed by atoms with E-state index in [1.165, 1.54) is 0 Å². The first-order chi connectivity index (χ1) is 18.7. The summed E-state index contributed by atoms with van der Waals surface area (Å²) in [6.45, 7) is 7.80. The number of carbonyl (C=O) groups excluding carboxylic acids is 3. The zero-order valence-corrected chi connectivity index (χ0v) is 22.9. The molecule has 0 unspecified atom stereocenters. The average molecular weight is 519 g/mol. The molecule has 3 aliphatic heterocycles. The van der Waals surface area contributed by atoms with Gasteiger partial charge in [0.2, 0.25) is 5.91 Å². The van der Waals surface area contributed by atoms with Gasteiger partial charge >= 0.3 is 0 Å². The van der Waals surface area contributed by atoms with E-state index < -0.39 is 28.8 Å². The van der Waals surface area contributed by atoms with E-state index in [0.29, 0.717) is 11.3 Å². The van der Waals surface area contributed by atoms with Gasteiger partial charge < -0.3 is 10.2 Å². The van der Waals surface area contributed by atoms with E-state index in [-0.39, 0.29) is 17.5 Å². The third-order valence-electron chi connectivity index (χ3n) is 8.64. The standard InChI is InChI=1S/C34H34N2O3/c1-5-10-21-15-17-23(18-16-21)29(37)27-28(31(38)33(2,3)4)36-20-19-22-11-6-7-12-24(22)30(36)34(27)25-13-8-9-14-26(25)35-32(34)39/h6-9,11-20,27-28,30H,5,10H2,1-4H3,(H,35,39)/t27-,28-,30-,34-/m1/s1. The Hall–Kier alpha value is -3.99. The molecule has 1 saturated heterocycles. The molecule has 3 aromatic rings. The number of aryl methyl sites for hydroxylation is 1. The topological polar surface area (TPSA) is 66.5 Å². The highest BCUT2D eigenvalue weighted by molar-refractivity contribution is 6.15. The van der Waals surface area contributed by atoms with Crippen molar-refractivity contribution in [2.75, 3.05) is 5.32 Å². The lowest BCUT2D eigenvalue weighted by Gasteiger charge is -2.38. The lowest BCUT2D eigenvalue weighted by Crippen LogP contribution is -2.50. The van der Waals surface area contributed by atoms with Gasteiger partial charge in [-0.25, -0.2) is 0 Å². The Kier molecular flexibility index (Phi) is 5.87. The molecular formula is C34H34N2O3. The van der Waals surface area contributed by atoms with Gasteiger partial charge in [0.25, 0.3) is 0 Å². The molecule has 5 heteroatoms. The van der Waals surface area contributed by atoms with Gasteiger partial charge in [-0.15, -0.1) is 0 Å². The number of nitrogens with zero attached hydrogens (tertiary/aromatic N) is 1. The number of carbonyl (C=O) groups is 3. The lowest BCUT2D eigenvalue weighted by atomic mass is 9.62. The molecule has 0 radical (unpaired) electrons. The minimum atomic E-state index is -1.28. The summed E-state index contributed by atoms with van der Waals surface area (Å²) in [7, 11) is 0. The van der Waals surface area contributed by atoms with Crippen molar-refractivity contribution in [2.45, 2.75) is 58.0 Å². The zero-order valence-electron chi connectivity index (χ0n) is 22.9. The normalized spacial score (nSPS) is 24.8. The van der Waals surface area contributed by atoms with Crippen molar-refractivity contribution in [2.24, 2.45) is 11.3 Å². The molecule has 5 nitrogen and oxygen atoms in total. The van der Waals surface area contributed by atoms with Crippen LogP contribution in [-0.2, 0) is 21.4 Å². The molecule has 0 aromatic heterocycles. The smallest absolute Gasteiger partial charge is 0.238 e. The van der Waals surface area contributed by atoms with Crippen LogP contribution in [0.25, 0.3) is 6.08 Å². The maximum absolute atomic E-state index is 14.7. The van der Waals surface area contributed by atoms with Crippen LogP contribution < -0.4 is 5.32 Å². The SMILES string of the molecule is CCCc1ccc(C(=O)[C@H]2[C@H](C(=O)C(C)(C)C)N3C=Cc4ccccc4[C@@H]3[C@]23C(=O)Nc2ccccc23)cc1. The Morgan fingerprint density at radius 1 is 0.949 bits per heavy atom. The molecule has 1 N–H and O–H groups in total. The number of Topliss-reactive ketones (excluding diaryl/α,β-unsaturated/α-hetero) is 2. The Labute approximate surface area is 229 Å². The molecule has 198 valence electrons. The molecule has 3 heterocycles. The summed E-state index contributed by atoms with van der Waals surface area (Å²) < 4.78 is 0. The first kappa shape index (κ1) is 25.3. The number of anilines is 1. The molecular weight excluding hydrogens is 484 g/mol. The average Bonchev–Trinajstić information content (AvgIpc) is 3.40. The second-order valence-electron chi connectivity index (χ2n) is 12.0. The van der Waals surface area contributed by atoms with Gasteiger partial charge in [-0.05, 0) is 40.8 Å². The van der Waals surface area contributed by atoms with Crippen molar-refractivity contribution in [1.29, 1.82) is 0 Å². The van der Waals surface area contributed by atoms with Crippen molar-refractivity contribution in [3.05, 3.63) is 107 Å². The molecule has 3 aromatic carbocycles. The van der Waals surface area contributed by atoms with Crippen LogP contribution in [-0.4, -0.2) is 28.4 Å². The highest BCUT2D eigenvalue weighted by Gasteiger charge is 2.71. The minimum Gasteiger partial charge on any atom is -0.358 e. The van der Waals surface area contributed by atoms with Crippen LogP contribution >= 0.6 is 0 Å². The van der Waals surface area contributed by atoms with E-state index in [4.69, 9.17) is 0 Å². The second kappa shape index (κ2) is 9.04. The first-order valence-corrected chi connectivity index (χ1v) is 13.8. The predicted octanol–water partition coefficient (Wildman–Crippen LogP) is 6.35. The number of hydrogen-bond acceptors (Lipinski definition) is 4. The third-order valence-corrected chi connectivity index (χ3v) is 8.64. The minimum absolute atomic E-state index is 0.0495. The molecule has 1 spiro atoms. The van der Waals surface area contributed by atoms with E-state index in [9.17, 15) is 14.4 Å². The van der Waals surface area contributed by atoms with Crippen LogP contribution in [0.15, 0.2) is 79.0 Å². The van der Waals surface area contributed by atoms with Crippen LogP contribution in [0.4, 0.5) is 5.69 Å². The van der Waals surface area contributed by atoms with Crippen molar-refractivity contribution in [3.8, 4) is 0 Å². The number of amides is 1. The summed E-state index contributed by atoms with van der Waals surface area (Å²) in [6, 6.07) is 22.0. The van der Waals surface area contributed by atoms with Gasteiger partial charge in [0.15, 0.2) is 11.6 Å². The number of para-hydroxylation sites is 1. The van der Waals surface area contributed by atoms with E-state index >= 15 is 0 Å². The molecule has 0 aliphatic carbocycles. The van der Waals surface area contributed by atoms with Crippen LogP contribution in [0.3, 0.4) is 0 Å². The lowest BCUT2D eigenvalue weighted by molar-refractivity contribution is -0.131. The van der Waals surface area contributed by atoms with Crippen LogP contribution in [0.1, 0.15) is 72.8 Å². The molecule has 1 fully saturated rings. The van der Waals surface area contributed by atoms with Gasteiger partial charge in [0.1, 0.15) is 5.41 Å². The fraction of sp³-hybridized carbons (Fsp3) is 0.324. The van der Waals surface area contributed by atoms with E-state index in [0.717, 1.165) is 35.1 Å². The number of nitrogens with one attached hydrogen (secondary N) is 1. The highest BCUT2D eigenvalue weighted by atomic mass is 16.2. The van der Waals surface area contributed by atoms with Crippen LogP contribution in [0, 0.1) is 11.3 Å². The van der Waals surface area contributed by atoms with E-state index in [1.807, 2.05) is 111 Å². The van der Waals surface area contributed by atoms with Crippen molar-refractivity contribution < 1.29 is 14.4 Å². The summed E-state index contributed by atoms with van der Waals surface area (Å²) in [5.74, 6) is -1.36. The van der Waals surface area contributed by atoms with Gasteiger partial charge in [-0.3, -0.25) is 14.4 Å². The Morgan fingerprint density at radius 2 is 1.64 bits per heavy atom. The number of hydrogen-bond donors (Lipinski definition) is 1. The zero-order chi connectivity index (χ0) is 27.5. The predicted molar refractivity (Wildman–Crippen MR) is 153 cm³/mol. The molecule has 1 amide bonds. The largest absolute Gasteiger partial charge is 0.358 e. The summed E-state index contributed by atoms with van der Waals surface area (Å²) in [4.78, 5) is 45.5. The van der Waals surface area contributed by atoms with Crippen molar-refractivity contribution in [3.63, 3.8) is 0 Å². The molecule has 6 rings (SSSR count). The number of fused-ring (bicyclic) bond motifs is 6. The first-order valence-electron chi connectivity index (χ1n) is 13.8. The van der Waals surface area contributed by atoms with Crippen molar-refractivity contribution >= 4 is 29.2 Å². The Balaban J connectivity index is 1.64. The quantitative estimate of drug-likeness (QED) is 0.400. The number of benzene rings is 3. The van der Waals surface area contributed by atoms with Crippen molar-refractivity contribution in [1.82, 2.24) is 4.90 Å². The monoisotopic (exact) mass is 518 g/mol. The number of ketones is 2. The van der Waals surface area contributed by atoms with Crippen LogP contribution in [0.2, 0.25) is 0 Å². The molecule has 0 saturated carbocycles. The van der Waals surface area contributed by atoms with E-state index in [1.54, 1.807) is 0 Å². The van der Waals surface area contributed by atoms with E-state index in [2.05, 4.69) is 12.2 Å². The molecule has 4 atom stereocenters. The highest BCUT2D eigenvalue weighted by Crippen LogP contribution is 2.62. The number of rotatable bonds is 5. The Morgan fingerprint density at radius 3 is 2.36 bits per heavy atom. The summed E-state index contributed by atoms with van der Waals surface area (Å²) >= 11 is 0. The fourth-order valence-corrected chi connectivity index (χ4v) is 6.92. The molecule has 3 aliphatic rings. The van der Waals surface area contributed by atoms with Gasteiger partial charge in [0.05, 0.1) is 18.0 Å². The third kappa shape index (κ3) is 3.63.